The van der Waals surface area contributed by atoms with E-state index in [9.17, 15) is 4.79 Å². The minimum Gasteiger partial charge on any atom is -0.460 e. The average molecular weight is 393 g/mol. The van der Waals surface area contributed by atoms with E-state index in [1.807, 2.05) is 44.2 Å². The lowest BCUT2D eigenvalue weighted by molar-refractivity contribution is 0.0942. The van der Waals surface area contributed by atoms with Crippen LogP contribution in [-0.4, -0.2) is 46.8 Å². The lowest BCUT2D eigenvalue weighted by Gasteiger charge is -2.15. The number of likely N-dealkylation sites (tertiary alicyclic amines) is 1. The zero-order valence-corrected chi connectivity index (χ0v) is 17.4. The van der Waals surface area contributed by atoms with Crippen molar-refractivity contribution in [2.24, 2.45) is 0 Å². The number of amides is 1. The molecular weight excluding hydrogens is 364 g/mol. The van der Waals surface area contributed by atoms with Gasteiger partial charge in [0.15, 0.2) is 5.76 Å². The van der Waals surface area contributed by atoms with Gasteiger partial charge in [-0.15, -0.1) is 0 Å². The van der Waals surface area contributed by atoms with Crippen LogP contribution < -0.4 is 5.32 Å². The Balaban J connectivity index is 1.63. The second-order valence-corrected chi connectivity index (χ2v) is 7.83. The molecule has 0 spiro atoms. The quantitative estimate of drug-likeness (QED) is 0.691. The summed E-state index contributed by atoms with van der Waals surface area (Å²) in [7, 11) is 0. The standard InChI is InChI=1S/C23H28N4O2/c1-16-6-8-20(17(2)14-16)27-21(15-19(25-27)22-9-7-18(3)29-22)23(28)24-10-13-26-11-4-5-12-26/h6-9,14-15H,4-5,10-13H2,1-3H3,(H,24,28). The van der Waals surface area contributed by atoms with Crippen LogP contribution in [0, 0.1) is 20.8 Å². The molecule has 1 aromatic carbocycles. The maximum Gasteiger partial charge on any atom is 0.270 e. The fourth-order valence-electron chi connectivity index (χ4n) is 3.89. The molecule has 3 heterocycles. The van der Waals surface area contributed by atoms with Gasteiger partial charge in [0, 0.05) is 19.2 Å². The number of aromatic nitrogens is 2. The van der Waals surface area contributed by atoms with E-state index in [4.69, 9.17) is 9.52 Å². The molecule has 6 heteroatoms. The van der Waals surface area contributed by atoms with Crippen LogP contribution in [0.2, 0.25) is 0 Å². The monoisotopic (exact) mass is 392 g/mol. The first-order chi connectivity index (χ1) is 14.0. The summed E-state index contributed by atoms with van der Waals surface area (Å²) in [5, 5.41) is 7.78. The molecule has 1 aliphatic heterocycles. The van der Waals surface area contributed by atoms with E-state index < -0.39 is 0 Å². The molecule has 6 nitrogen and oxygen atoms in total. The van der Waals surface area contributed by atoms with Crippen LogP contribution in [0.15, 0.2) is 40.8 Å². The number of carbonyl (C=O) groups is 1. The van der Waals surface area contributed by atoms with Crippen LogP contribution in [0.4, 0.5) is 0 Å². The number of hydrogen-bond donors (Lipinski definition) is 1. The summed E-state index contributed by atoms with van der Waals surface area (Å²) in [6, 6.07) is 11.7. The van der Waals surface area contributed by atoms with E-state index in [2.05, 4.69) is 23.2 Å². The molecule has 0 radical (unpaired) electrons. The number of hydrogen-bond acceptors (Lipinski definition) is 4. The summed E-state index contributed by atoms with van der Waals surface area (Å²) in [5.74, 6) is 1.36. The second-order valence-electron chi connectivity index (χ2n) is 7.83. The topological polar surface area (TPSA) is 63.3 Å². The van der Waals surface area contributed by atoms with Gasteiger partial charge in [0.2, 0.25) is 0 Å². The predicted octanol–water partition coefficient (Wildman–Crippen LogP) is 3.88. The second kappa shape index (κ2) is 8.25. The Bertz CT molecular complexity index is 1010. The van der Waals surface area contributed by atoms with Crippen molar-refractivity contribution in [3.63, 3.8) is 0 Å². The van der Waals surface area contributed by atoms with E-state index in [1.165, 1.54) is 18.4 Å². The third kappa shape index (κ3) is 4.27. The Labute approximate surface area is 171 Å². The van der Waals surface area contributed by atoms with Gasteiger partial charge >= 0.3 is 0 Å². The summed E-state index contributed by atoms with van der Waals surface area (Å²) in [5.41, 5.74) is 4.32. The van der Waals surface area contributed by atoms with E-state index in [0.29, 0.717) is 23.7 Å². The highest BCUT2D eigenvalue weighted by molar-refractivity contribution is 5.94. The van der Waals surface area contributed by atoms with Crippen molar-refractivity contribution in [3.8, 4) is 17.1 Å². The summed E-state index contributed by atoms with van der Waals surface area (Å²) < 4.78 is 7.47. The van der Waals surface area contributed by atoms with Crippen molar-refractivity contribution < 1.29 is 9.21 Å². The molecular formula is C23H28N4O2. The number of furan rings is 1. The van der Waals surface area contributed by atoms with Gasteiger partial charge in [-0.25, -0.2) is 4.68 Å². The van der Waals surface area contributed by atoms with Crippen molar-refractivity contribution in [3.05, 3.63) is 59.0 Å². The zero-order valence-electron chi connectivity index (χ0n) is 17.4. The molecule has 152 valence electrons. The Morgan fingerprint density at radius 1 is 1.10 bits per heavy atom. The van der Waals surface area contributed by atoms with Gasteiger partial charge in [-0.2, -0.15) is 5.10 Å². The largest absolute Gasteiger partial charge is 0.460 e. The minimum absolute atomic E-state index is 0.119. The molecule has 0 aliphatic carbocycles. The summed E-state index contributed by atoms with van der Waals surface area (Å²) in [6.07, 6.45) is 2.50. The Morgan fingerprint density at radius 2 is 1.90 bits per heavy atom. The fourth-order valence-corrected chi connectivity index (χ4v) is 3.89. The maximum atomic E-state index is 13.0. The van der Waals surface area contributed by atoms with Gasteiger partial charge in [0.1, 0.15) is 17.1 Å². The lowest BCUT2D eigenvalue weighted by atomic mass is 10.1. The summed E-state index contributed by atoms with van der Waals surface area (Å²) in [4.78, 5) is 15.4. The van der Waals surface area contributed by atoms with Crippen LogP contribution >= 0.6 is 0 Å². The molecule has 0 bridgehead atoms. The van der Waals surface area contributed by atoms with Crippen molar-refractivity contribution in [1.29, 1.82) is 0 Å². The van der Waals surface area contributed by atoms with E-state index in [1.54, 1.807) is 4.68 Å². The SMILES string of the molecule is Cc1ccc(-n2nc(-c3ccc(C)o3)cc2C(=O)NCCN2CCCC2)c(C)c1. The van der Waals surface area contributed by atoms with Gasteiger partial charge in [0.25, 0.3) is 5.91 Å². The molecule has 4 rings (SSSR count). The molecule has 1 amide bonds. The number of carbonyl (C=O) groups excluding carboxylic acids is 1. The average Bonchev–Trinajstić information content (AvgIpc) is 3.42. The highest BCUT2D eigenvalue weighted by Gasteiger charge is 2.20. The molecule has 1 N–H and O–H groups in total. The van der Waals surface area contributed by atoms with Gasteiger partial charge in [-0.1, -0.05) is 17.7 Å². The maximum absolute atomic E-state index is 13.0. The number of nitrogens with zero attached hydrogens (tertiary/aromatic N) is 3. The Kier molecular flexibility index (Phi) is 5.53. The van der Waals surface area contributed by atoms with Gasteiger partial charge in [-0.05, 0) is 70.5 Å². The number of rotatable bonds is 6. The fraction of sp³-hybridized carbons (Fsp3) is 0.391. The van der Waals surface area contributed by atoms with Gasteiger partial charge in [0.05, 0.1) is 5.69 Å². The summed E-state index contributed by atoms with van der Waals surface area (Å²) in [6.45, 7) is 9.76. The van der Waals surface area contributed by atoms with E-state index in [0.717, 1.165) is 36.6 Å². The minimum atomic E-state index is -0.119. The van der Waals surface area contributed by atoms with Crippen LogP contribution in [-0.2, 0) is 0 Å². The van der Waals surface area contributed by atoms with Crippen LogP contribution in [0.25, 0.3) is 17.1 Å². The molecule has 1 fully saturated rings. The van der Waals surface area contributed by atoms with Crippen LogP contribution in [0.5, 0.6) is 0 Å². The van der Waals surface area contributed by atoms with Gasteiger partial charge in [-0.3, -0.25) is 4.79 Å². The molecule has 29 heavy (non-hydrogen) atoms. The molecule has 3 aromatic rings. The van der Waals surface area contributed by atoms with E-state index in [-0.39, 0.29) is 5.91 Å². The van der Waals surface area contributed by atoms with Crippen molar-refractivity contribution in [2.45, 2.75) is 33.6 Å². The molecule has 0 saturated carbocycles. The third-order valence-electron chi connectivity index (χ3n) is 5.43. The highest BCUT2D eigenvalue weighted by Crippen LogP contribution is 2.25. The van der Waals surface area contributed by atoms with E-state index >= 15 is 0 Å². The molecule has 0 unspecified atom stereocenters. The first kappa shape index (κ1) is 19.5. The van der Waals surface area contributed by atoms with Crippen molar-refractivity contribution in [1.82, 2.24) is 20.0 Å². The smallest absolute Gasteiger partial charge is 0.270 e. The predicted molar refractivity (Wildman–Crippen MR) is 113 cm³/mol. The molecule has 1 saturated heterocycles. The normalized spacial score (nSPS) is 14.4. The summed E-state index contributed by atoms with van der Waals surface area (Å²) >= 11 is 0. The lowest BCUT2D eigenvalue weighted by Crippen LogP contribution is -2.34. The molecule has 0 atom stereocenters. The third-order valence-corrected chi connectivity index (χ3v) is 5.43. The molecule has 2 aromatic heterocycles. The first-order valence-electron chi connectivity index (χ1n) is 10.3. The first-order valence-corrected chi connectivity index (χ1v) is 10.3. The number of nitrogens with one attached hydrogen (secondary N) is 1. The highest BCUT2D eigenvalue weighted by atomic mass is 16.3. The van der Waals surface area contributed by atoms with Crippen molar-refractivity contribution >= 4 is 5.91 Å². The number of benzene rings is 1. The van der Waals surface area contributed by atoms with Crippen LogP contribution in [0.3, 0.4) is 0 Å². The van der Waals surface area contributed by atoms with Gasteiger partial charge < -0.3 is 14.6 Å². The number of aryl methyl sites for hydroxylation is 3. The van der Waals surface area contributed by atoms with Crippen LogP contribution in [0.1, 0.15) is 40.2 Å². The van der Waals surface area contributed by atoms with Crippen molar-refractivity contribution in [2.75, 3.05) is 26.2 Å². The Hall–Kier alpha value is -2.86. The Morgan fingerprint density at radius 3 is 2.59 bits per heavy atom. The zero-order chi connectivity index (χ0) is 20.4. The molecule has 1 aliphatic rings.